The average Bonchev–Trinajstić information content (AvgIpc) is 2.65. The number of hydrogen-bond acceptors (Lipinski definition) is 2. The minimum atomic E-state index is -0.604. The van der Waals surface area contributed by atoms with Crippen molar-refractivity contribution in [1.29, 1.82) is 0 Å². The van der Waals surface area contributed by atoms with Crippen molar-refractivity contribution in [1.82, 2.24) is 15.1 Å². The second-order valence-corrected chi connectivity index (χ2v) is 4.71. The lowest BCUT2D eigenvalue weighted by atomic mass is 10.0. The van der Waals surface area contributed by atoms with Crippen LogP contribution < -0.4 is 5.32 Å². The van der Waals surface area contributed by atoms with E-state index < -0.39 is 17.7 Å². The third-order valence-electron chi connectivity index (χ3n) is 2.79. The third kappa shape index (κ3) is 2.18. The molecule has 1 aromatic carbocycles. The fraction of sp³-hybridized carbons (Fsp3) is 0.250. The first-order chi connectivity index (χ1) is 8.56. The zero-order valence-corrected chi connectivity index (χ0v) is 11.5. The molecule has 1 unspecified atom stereocenters. The van der Waals surface area contributed by atoms with Crippen LogP contribution >= 0.6 is 15.9 Å². The van der Waals surface area contributed by atoms with Crippen molar-refractivity contribution in [3.05, 3.63) is 51.8 Å². The van der Waals surface area contributed by atoms with E-state index in [0.717, 1.165) is 0 Å². The standard InChI is InChI=1S/C12H12BrF2N3/c1-16-11(12-7(13)6-17-18(12)2)10-8(14)4-3-5-9(10)15/h3-6,11,16H,1-2H3. The van der Waals surface area contributed by atoms with Crippen molar-refractivity contribution in [3.63, 3.8) is 0 Å². The Hall–Kier alpha value is -1.27. The second-order valence-electron chi connectivity index (χ2n) is 3.86. The topological polar surface area (TPSA) is 29.9 Å². The van der Waals surface area contributed by atoms with Gasteiger partial charge in [0.15, 0.2) is 0 Å². The van der Waals surface area contributed by atoms with Crippen LogP contribution in [0.1, 0.15) is 17.3 Å². The predicted octanol–water partition coefficient (Wildman–Crippen LogP) is 2.77. The molecule has 0 saturated heterocycles. The highest BCUT2D eigenvalue weighted by atomic mass is 79.9. The van der Waals surface area contributed by atoms with Crippen molar-refractivity contribution in [2.45, 2.75) is 6.04 Å². The van der Waals surface area contributed by atoms with Gasteiger partial charge in [-0.05, 0) is 35.1 Å². The Balaban J connectivity index is 2.59. The fourth-order valence-corrected chi connectivity index (χ4v) is 2.53. The van der Waals surface area contributed by atoms with Crippen molar-refractivity contribution in [2.75, 3.05) is 7.05 Å². The smallest absolute Gasteiger partial charge is 0.131 e. The minimum absolute atomic E-state index is 0.00991. The zero-order valence-electron chi connectivity index (χ0n) is 9.92. The maximum Gasteiger partial charge on any atom is 0.131 e. The summed E-state index contributed by atoms with van der Waals surface area (Å²) in [7, 11) is 3.37. The average molecular weight is 316 g/mol. The highest BCUT2D eigenvalue weighted by molar-refractivity contribution is 9.10. The number of aryl methyl sites for hydroxylation is 1. The first kappa shape index (κ1) is 13.2. The molecule has 1 N–H and O–H groups in total. The van der Waals surface area contributed by atoms with Gasteiger partial charge in [0, 0.05) is 12.6 Å². The Morgan fingerprint density at radius 1 is 1.33 bits per heavy atom. The molecule has 2 rings (SSSR count). The molecule has 3 nitrogen and oxygen atoms in total. The molecular weight excluding hydrogens is 304 g/mol. The molecule has 18 heavy (non-hydrogen) atoms. The molecule has 6 heteroatoms. The van der Waals surface area contributed by atoms with Gasteiger partial charge < -0.3 is 5.32 Å². The van der Waals surface area contributed by atoms with Gasteiger partial charge in [0.25, 0.3) is 0 Å². The SMILES string of the molecule is CNC(c1c(F)cccc1F)c1c(Br)cnn1C. The van der Waals surface area contributed by atoms with Gasteiger partial charge in [-0.25, -0.2) is 8.78 Å². The molecule has 0 aliphatic heterocycles. The van der Waals surface area contributed by atoms with Crippen molar-refractivity contribution in [2.24, 2.45) is 7.05 Å². The molecule has 0 radical (unpaired) electrons. The van der Waals surface area contributed by atoms with Crippen LogP contribution in [0.4, 0.5) is 8.78 Å². The minimum Gasteiger partial charge on any atom is -0.308 e. The number of hydrogen-bond donors (Lipinski definition) is 1. The summed E-state index contributed by atoms with van der Waals surface area (Å²) in [5.41, 5.74) is 0.658. The Kier molecular flexibility index (Phi) is 3.77. The van der Waals surface area contributed by atoms with E-state index in [1.54, 1.807) is 25.0 Å². The predicted molar refractivity (Wildman–Crippen MR) is 68.2 cm³/mol. The van der Waals surface area contributed by atoms with Crippen LogP contribution in [0, 0.1) is 11.6 Å². The first-order valence-corrected chi connectivity index (χ1v) is 6.14. The van der Waals surface area contributed by atoms with Gasteiger partial charge in [0.05, 0.1) is 22.4 Å². The van der Waals surface area contributed by atoms with Gasteiger partial charge in [-0.15, -0.1) is 0 Å². The van der Waals surface area contributed by atoms with E-state index in [9.17, 15) is 8.78 Å². The molecule has 0 fully saturated rings. The number of nitrogens with zero attached hydrogens (tertiary/aromatic N) is 2. The van der Waals surface area contributed by atoms with Gasteiger partial charge in [0.1, 0.15) is 11.6 Å². The Morgan fingerprint density at radius 2 is 1.94 bits per heavy atom. The largest absolute Gasteiger partial charge is 0.308 e. The summed E-state index contributed by atoms with van der Waals surface area (Å²) in [6.45, 7) is 0. The van der Waals surface area contributed by atoms with Crippen LogP contribution in [-0.4, -0.2) is 16.8 Å². The maximum atomic E-state index is 13.8. The number of halogens is 3. The molecule has 0 bridgehead atoms. The number of nitrogens with one attached hydrogen (secondary N) is 1. The van der Waals surface area contributed by atoms with Crippen molar-refractivity contribution < 1.29 is 8.78 Å². The monoisotopic (exact) mass is 315 g/mol. The van der Waals surface area contributed by atoms with Gasteiger partial charge in [-0.1, -0.05) is 6.07 Å². The van der Waals surface area contributed by atoms with E-state index in [1.165, 1.54) is 18.2 Å². The number of benzene rings is 1. The van der Waals surface area contributed by atoms with Crippen LogP contribution in [0.2, 0.25) is 0 Å². The molecule has 0 aliphatic carbocycles. The fourth-order valence-electron chi connectivity index (χ4n) is 1.95. The van der Waals surface area contributed by atoms with Crippen LogP contribution in [-0.2, 0) is 7.05 Å². The Labute approximate surface area is 112 Å². The molecule has 0 amide bonds. The third-order valence-corrected chi connectivity index (χ3v) is 3.40. The number of aromatic nitrogens is 2. The Bertz CT molecular complexity index is 529. The van der Waals surface area contributed by atoms with Gasteiger partial charge in [0.2, 0.25) is 0 Å². The van der Waals surface area contributed by atoms with Crippen LogP contribution in [0.15, 0.2) is 28.9 Å². The summed E-state index contributed by atoms with van der Waals surface area (Å²) in [4.78, 5) is 0. The first-order valence-electron chi connectivity index (χ1n) is 5.34. The molecule has 0 saturated carbocycles. The van der Waals surface area contributed by atoms with Gasteiger partial charge in [-0.2, -0.15) is 5.10 Å². The molecule has 1 aromatic heterocycles. The molecule has 0 aliphatic rings. The summed E-state index contributed by atoms with van der Waals surface area (Å²) >= 11 is 3.34. The Morgan fingerprint density at radius 3 is 2.39 bits per heavy atom. The summed E-state index contributed by atoms with van der Waals surface area (Å²) in [6, 6.07) is 3.23. The highest BCUT2D eigenvalue weighted by Gasteiger charge is 2.25. The molecule has 2 aromatic rings. The van der Waals surface area contributed by atoms with Crippen LogP contribution in [0.25, 0.3) is 0 Å². The summed E-state index contributed by atoms with van der Waals surface area (Å²) in [5, 5.41) is 6.97. The summed E-state index contributed by atoms with van der Waals surface area (Å²) in [5.74, 6) is -1.16. The highest BCUT2D eigenvalue weighted by Crippen LogP contribution is 2.30. The molecule has 1 atom stereocenters. The van der Waals surface area contributed by atoms with E-state index in [4.69, 9.17) is 0 Å². The summed E-state index contributed by atoms with van der Waals surface area (Å²) < 4.78 is 29.9. The van der Waals surface area contributed by atoms with E-state index >= 15 is 0 Å². The quantitative estimate of drug-likeness (QED) is 0.944. The van der Waals surface area contributed by atoms with Gasteiger partial charge >= 0.3 is 0 Å². The van der Waals surface area contributed by atoms with E-state index in [0.29, 0.717) is 10.2 Å². The van der Waals surface area contributed by atoms with E-state index in [-0.39, 0.29) is 5.56 Å². The summed E-state index contributed by atoms with van der Waals surface area (Å²) in [6.07, 6.45) is 1.60. The molecule has 1 heterocycles. The molecule has 0 spiro atoms. The maximum absolute atomic E-state index is 13.8. The number of rotatable bonds is 3. The molecular formula is C12H12BrF2N3. The zero-order chi connectivity index (χ0) is 13.3. The lowest BCUT2D eigenvalue weighted by molar-refractivity contribution is 0.505. The van der Waals surface area contributed by atoms with Crippen molar-refractivity contribution in [3.8, 4) is 0 Å². The molecule has 96 valence electrons. The van der Waals surface area contributed by atoms with Gasteiger partial charge in [-0.3, -0.25) is 4.68 Å². The van der Waals surface area contributed by atoms with E-state index in [2.05, 4.69) is 26.3 Å². The van der Waals surface area contributed by atoms with Crippen molar-refractivity contribution >= 4 is 15.9 Å². The van der Waals surface area contributed by atoms with Crippen LogP contribution in [0.3, 0.4) is 0 Å². The van der Waals surface area contributed by atoms with E-state index in [1.807, 2.05) is 0 Å². The second kappa shape index (κ2) is 5.16. The normalized spacial score (nSPS) is 12.7. The van der Waals surface area contributed by atoms with Crippen LogP contribution in [0.5, 0.6) is 0 Å². The lowest BCUT2D eigenvalue weighted by Crippen LogP contribution is -2.23. The lowest BCUT2D eigenvalue weighted by Gasteiger charge is -2.19.